The molecule has 2 bridgehead atoms. The van der Waals surface area contributed by atoms with E-state index in [-0.39, 0.29) is 12.0 Å². The second-order valence-corrected chi connectivity index (χ2v) is 7.15. The number of carbonyl (C=O) groups excluding carboxylic acids is 1. The molecular weight excluding hydrogens is 316 g/mol. The summed E-state index contributed by atoms with van der Waals surface area (Å²) in [7, 11) is 0. The van der Waals surface area contributed by atoms with Crippen LogP contribution in [0.1, 0.15) is 18.4 Å². The highest BCUT2D eigenvalue weighted by Crippen LogP contribution is 2.31. The number of ether oxygens (including phenoxy) is 1. The molecule has 0 spiro atoms. The van der Waals surface area contributed by atoms with Crippen molar-refractivity contribution in [2.24, 2.45) is 5.92 Å². The molecule has 1 N–H and O–H groups in total. The molecule has 0 aliphatic carbocycles. The van der Waals surface area contributed by atoms with Crippen molar-refractivity contribution >= 4 is 11.6 Å². The van der Waals surface area contributed by atoms with Gasteiger partial charge < -0.3 is 10.1 Å². The lowest BCUT2D eigenvalue weighted by Gasteiger charge is -2.44. The maximum absolute atomic E-state index is 11.5. The van der Waals surface area contributed by atoms with Crippen molar-refractivity contribution in [2.75, 3.05) is 25.0 Å². The molecule has 5 heterocycles. The topological polar surface area (TPSA) is 67.3 Å². The van der Waals surface area contributed by atoms with Crippen LogP contribution in [0.4, 0.5) is 5.69 Å². The first-order valence-corrected chi connectivity index (χ1v) is 8.90. The van der Waals surface area contributed by atoms with Gasteiger partial charge in [-0.05, 0) is 55.6 Å². The predicted molar refractivity (Wildman–Crippen MR) is 93.4 cm³/mol. The standard InChI is InChI=1S/C19H20N4O2/c24-18-10-14-9-13(1-2-15(14)20-18)16-3-4-19(22-21-16)25-17-11-23-7-5-12(17)6-8-23/h1-4,9,12,17H,5-8,10-11H2,(H,20,24)/t17-/m0/s1. The largest absolute Gasteiger partial charge is 0.472 e. The van der Waals surface area contributed by atoms with Gasteiger partial charge in [0.2, 0.25) is 11.8 Å². The van der Waals surface area contributed by atoms with E-state index >= 15 is 0 Å². The third-order valence-electron chi connectivity index (χ3n) is 5.53. The van der Waals surface area contributed by atoms with E-state index in [0.29, 0.717) is 18.2 Å². The molecule has 0 unspecified atom stereocenters. The van der Waals surface area contributed by atoms with Gasteiger partial charge in [-0.15, -0.1) is 10.2 Å². The van der Waals surface area contributed by atoms with E-state index in [2.05, 4.69) is 20.4 Å². The number of nitrogens with zero attached hydrogens (tertiary/aromatic N) is 3. The molecule has 25 heavy (non-hydrogen) atoms. The minimum atomic E-state index is 0.0412. The predicted octanol–water partition coefficient (Wildman–Crippen LogP) is 2.11. The number of hydrogen-bond donors (Lipinski definition) is 1. The average Bonchev–Trinajstić information content (AvgIpc) is 3.02. The summed E-state index contributed by atoms with van der Waals surface area (Å²) in [5, 5.41) is 11.4. The summed E-state index contributed by atoms with van der Waals surface area (Å²) in [5.74, 6) is 1.29. The quantitative estimate of drug-likeness (QED) is 0.930. The van der Waals surface area contributed by atoms with Crippen molar-refractivity contribution < 1.29 is 9.53 Å². The van der Waals surface area contributed by atoms with Gasteiger partial charge in [-0.1, -0.05) is 6.07 Å². The molecule has 0 radical (unpaired) electrons. The smallest absolute Gasteiger partial charge is 0.233 e. The SMILES string of the molecule is O=C1Cc2cc(-c3ccc(O[C@H]4CN5CCC4CC5)nn3)ccc2N1. The van der Waals surface area contributed by atoms with E-state index in [1.54, 1.807) is 0 Å². The highest BCUT2D eigenvalue weighted by molar-refractivity contribution is 5.99. The van der Waals surface area contributed by atoms with Gasteiger partial charge in [0.1, 0.15) is 6.10 Å². The van der Waals surface area contributed by atoms with Crippen molar-refractivity contribution in [3.8, 4) is 17.1 Å². The third-order valence-corrected chi connectivity index (χ3v) is 5.53. The van der Waals surface area contributed by atoms with Gasteiger partial charge in [0.05, 0.1) is 12.1 Å². The number of aromatic nitrogens is 2. The minimum absolute atomic E-state index is 0.0412. The lowest BCUT2D eigenvalue weighted by molar-refractivity contribution is -0.115. The van der Waals surface area contributed by atoms with Gasteiger partial charge in [0, 0.05) is 23.9 Å². The second-order valence-electron chi connectivity index (χ2n) is 7.15. The molecule has 6 rings (SSSR count). The fourth-order valence-electron chi connectivity index (χ4n) is 4.12. The van der Waals surface area contributed by atoms with Gasteiger partial charge in [0.15, 0.2) is 0 Å². The Balaban J connectivity index is 1.32. The molecule has 4 aliphatic rings. The Labute approximate surface area is 146 Å². The van der Waals surface area contributed by atoms with Crippen LogP contribution in [0.5, 0.6) is 5.88 Å². The first kappa shape index (κ1) is 14.8. The number of hydrogen-bond acceptors (Lipinski definition) is 5. The van der Waals surface area contributed by atoms with E-state index in [4.69, 9.17) is 4.74 Å². The fraction of sp³-hybridized carbons (Fsp3) is 0.421. The second kappa shape index (κ2) is 5.81. The normalized spacial score (nSPS) is 27.0. The van der Waals surface area contributed by atoms with Crippen molar-refractivity contribution in [3.05, 3.63) is 35.9 Å². The van der Waals surface area contributed by atoms with Crippen LogP contribution in [-0.2, 0) is 11.2 Å². The summed E-state index contributed by atoms with van der Waals surface area (Å²) in [5.41, 5.74) is 3.67. The van der Waals surface area contributed by atoms with Crippen LogP contribution in [0.15, 0.2) is 30.3 Å². The van der Waals surface area contributed by atoms with Crippen LogP contribution >= 0.6 is 0 Å². The highest BCUT2D eigenvalue weighted by Gasteiger charge is 2.35. The number of nitrogens with one attached hydrogen (secondary N) is 1. The number of fused-ring (bicyclic) bond motifs is 4. The molecule has 128 valence electrons. The van der Waals surface area contributed by atoms with Crippen LogP contribution < -0.4 is 10.1 Å². The summed E-state index contributed by atoms with van der Waals surface area (Å²) < 4.78 is 6.10. The molecule has 6 heteroatoms. The van der Waals surface area contributed by atoms with Gasteiger partial charge in [-0.25, -0.2) is 0 Å². The summed E-state index contributed by atoms with van der Waals surface area (Å²) >= 11 is 0. The zero-order valence-electron chi connectivity index (χ0n) is 13.9. The van der Waals surface area contributed by atoms with E-state index in [9.17, 15) is 4.79 Å². The van der Waals surface area contributed by atoms with Crippen LogP contribution in [0.25, 0.3) is 11.3 Å². The number of amides is 1. The molecule has 2 aromatic rings. The van der Waals surface area contributed by atoms with E-state index < -0.39 is 0 Å². The average molecular weight is 336 g/mol. The summed E-state index contributed by atoms with van der Waals surface area (Å²) in [6.07, 6.45) is 3.10. The van der Waals surface area contributed by atoms with Crippen LogP contribution in [0.3, 0.4) is 0 Å². The van der Waals surface area contributed by atoms with Crippen LogP contribution in [0, 0.1) is 5.92 Å². The minimum Gasteiger partial charge on any atom is -0.472 e. The van der Waals surface area contributed by atoms with E-state index in [0.717, 1.165) is 29.1 Å². The Morgan fingerprint density at radius 3 is 2.72 bits per heavy atom. The van der Waals surface area contributed by atoms with Crippen molar-refractivity contribution in [1.29, 1.82) is 0 Å². The first-order chi connectivity index (χ1) is 12.2. The highest BCUT2D eigenvalue weighted by atomic mass is 16.5. The van der Waals surface area contributed by atoms with Crippen LogP contribution in [-0.4, -0.2) is 46.7 Å². The summed E-state index contributed by atoms with van der Waals surface area (Å²) in [6, 6.07) is 9.73. The number of piperidine rings is 3. The van der Waals surface area contributed by atoms with Gasteiger partial charge >= 0.3 is 0 Å². The van der Waals surface area contributed by atoms with E-state index in [1.807, 2.05) is 30.3 Å². The Hall–Kier alpha value is -2.47. The van der Waals surface area contributed by atoms with Gasteiger partial charge in [-0.3, -0.25) is 9.69 Å². The van der Waals surface area contributed by atoms with Gasteiger partial charge in [-0.2, -0.15) is 0 Å². The Morgan fingerprint density at radius 1 is 1.12 bits per heavy atom. The maximum Gasteiger partial charge on any atom is 0.233 e. The molecule has 0 saturated carbocycles. The summed E-state index contributed by atoms with van der Waals surface area (Å²) in [6.45, 7) is 3.40. The Bertz CT molecular complexity index is 813. The molecule has 1 atom stereocenters. The fourth-order valence-corrected chi connectivity index (χ4v) is 4.12. The van der Waals surface area contributed by atoms with Gasteiger partial charge in [0.25, 0.3) is 0 Å². The van der Waals surface area contributed by atoms with E-state index in [1.165, 1.54) is 25.9 Å². The molecule has 3 saturated heterocycles. The Kier molecular flexibility index (Phi) is 3.45. The number of carbonyl (C=O) groups is 1. The summed E-state index contributed by atoms with van der Waals surface area (Å²) in [4.78, 5) is 13.9. The monoisotopic (exact) mass is 336 g/mol. The molecule has 1 aromatic heterocycles. The number of benzene rings is 1. The molecule has 6 nitrogen and oxygen atoms in total. The molecule has 3 fully saturated rings. The lowest BCUT2D eigenvalue weighted by Crippen LogP contribution is -2.52. The molecule has 1 aromatic carbocycles. The first-order valence-electron chi connectivity index (χ1n) is 8.90. The van der Waals surface area contributed by atoms with Crippen molar-refractivity contribution in [1.82, 2.24) is 15.1 Å². The zero-order valence-corrected chi connectivity index (χ0v) is 13.9. The number of rotatable bonds is 3. The van der Waals surface area contributed by atoms with Crippen molar-refractivity contribution in [2.45, 2.75) is 25.4 Å². The Morgan fingerprint density at radius 2 is 2.00 bits per heavy atom. The molecule has 4 aliphatic heterocycles. The van der Waals surface area contributed by atoms with Crippen LogP contribution in [0.2, 0.25) is 0 Å². The maximum atomic E-state index is 11.5. The molecule has 1 amide bonds. The third kappa shape index (κ3) is 2.76. The molecular formula is C19H20N4O2. The number of anilines is 1. The van der Waals surface area contributed by atoms with Crippen molar-refractivity contribution in [3.63, 3.8) is 0 Å². The lowest BCUT2D eigenvalue weighted by atomic mass is 9.86. The zero-order chi connectivity index (χ0) is 16.8.